The zero-order chi connectivity index (χ0) is 25.4. The summed E-state index contributed by atoms with van der Waals surface area (Å²) in [7, 11) is -4.07. The van der Waals surface area contributed by atoms with Crippen molar-refractivity contribution in [2.24, 2.45) is 0 Å². The largest absolute Gasteiger partial charge is 0.487 e. The highest BCUT2D eigenvalue weighted by atomic mass is 79.9. The number of likely N-dealkylation sites (tertiary alicyclic amines) is 1. The Labute approximate surface area is 214 Å². The Bertz CT molecular complexity index is 1580. The van der Waals surface area contributed by atoms with Crippen LogP contribution in [-0.2, 0) is 10.0 Å². The summed E-state index contributed by atoms with van der Waals surface area (Å²) in [6.07, 6.45) is 1.04. The molecule has 0 saturated carbocycles. The molecule has 0 unspecified atom stereocenters. The number of nitriles is 1. The van der Waals surface area contributed by atoms with Crippen LogP contribution in [0, 0.1) is 11.3 Å². The average Bonchev–Trinajstić information content (AvgIpc) is 3.20. The first-order valence-electron chi connectivity index (χ1n) is 11.2. The molecule has 1 aliphatic heterocycles. The highest BCUT2D eigenvalue weighted by Gasteiger charge is 2.30. The molecule has 12 heteroatoms. The third kappa shape index (κ3) is 4.42. The van der Waals surface area contributed by atoms with Crippen LogP contribution in [0.15, 0.2) is 58.2 Å². The van der Waals surface area contributed by atoms with E-state index in [4.69, 9.17) is 4.74 Å². The average molecular weight is 576 g/mol. The molecule has 1 aromatic carbocycles. The highest BCUT2D eigenvalue weighted by molar-refractivity contribution is 9.10. The summed E-state index contributed by atoms with van der Waals surface area (Å²) < 4.78 is 60.9. The fourth-order valence-corrected chi connectivity index (χ4v) is 6.31. The highest BCUT2D eigenvalue weighted by Crippen LogP contribution is 2.40. The number of rotatable bonds is 6. The van der Waals surface area contributed by atoms with E-state index < -0.39 is 16.4 Å². The zero-order valence-electron chi connectivity index (χ0n) is 18.8. The van der Waals surface area contributed by atoms with Crippen LogP contribution < -0.4 is 4.74 Å². The molecule has 1 saturated heterocycles. The molecule has 4 heterocycles. The Balaban J connectivity index is 1.67. The molecule has 0 bridgehead atoms. The molecule has 0 amide bonds. The maximum absolute atomic E-state index is 13.7. The minimum Gasteiger partial charge on any atom is -0.487 e. The number of fused-ring (bicyclic) bond motifs is 3. The lowest BCUT2D eigenvalue weighted by molar-refractivity contribution is 0.0481. The van der Waals surface area contributed by atoms with Crippen molar-refractivity contribution < 1.29 is 21.9 Å². The predicted octanol–water partition coefficient (Wildman–Crippen LogP) is 4.56. The van der Waals surface area contributed by atoms with Gasteiger partial charge in [0.05, 0.1) is 28.5 Å². The standard InChI is InChI=1S/C24H20BrF2N5O3S/c25-15-10-18-22-20(32(24(18)30-12-15)36(33,34)17-4-2-1-3-5-17)13-29-19(11-28)23(22)35-16-6-8-31(9-7-16)14-21(26)27/h1-5,10,12-13,16,21H,6-9,14H2. The molecule has 186 valence electrons. The molecular formula is C24H20BrF2N5O3S. The Morgan fingerprint density at radius 3 is 2.56 bits per heavy atom. The maximum Gasteiger partial charge on any atom is 0.269 e. The summed E-state index contributed by atoms with van der Waals surface area (Å²) in [5.41, 5.74) is 0.405. The van der Waals surface area contributed by atoms with Gasteiger partial charge < -0.3 is 4.74 Å². The number of hydrogen-bond donors (Lipinski definition) is 0. The Kier molecular flexibility index (Phi) is 6.63. The molecule has 1 fully saturated rings. The minimum absolute atomic E-state index is 0.00800. The maximum atomic E-state index is 13.7. The van der Waals surface area contributed by atoms with E-state index >= 15 is 0 Å². The molecule has 1 aliphatic rings. The van der Waals surface area contributed by atoms with Crippen LogP contribution in [0.25, 0.3) is 21.9 Å². The lowest BCUT2D eigenvalue weighted by Gasteiger charge is -2.32. The first-order chi connectivity index (χ1) is 17.3. The predicted molar refractivity (Wildman–Crippen MR) is 133 cm³/mol. The molecule has 0 atom stereocenters. The monoisotopic (exact) mass is 575 g/mol. The molecule has 5 rings (SSSR count). The van der Waals surface area contributed by atoms with Crippen LogP contribution in [0.3, 0.4) is 0 Å². The van der Waals surface area contributed by atoms with Crippen molar-refractivity contribution in [2.75, 3.05) is 19.6 Å². The molecule has 0 spiro atoms. The van der Waals surface area contributed by atoms with Gasteiger partial charge in [-0.1, -0.05) is 18.2 Å². The second-order valence-corrected chi connectivity index (χ2v) is 11.1. The normalized spacial score (nSPS) is 15.5. The van der Waals surface area contributed by atoms with Gasteiger partial charge in [0.15, 0.2) is 17.1 Å². The third-order valence-electron chi connectivity index (χ3n) is 6.13. The molecule has 36 heavy (non-hydrogen) atoms. The molecule has 0 N–H and O–H groups in total. The van der Waals surface area contributed by atoms with E-state index in [1.54, 1.807) is 29.2 Å². The van der Waals surface area contributed by atoms with Crippen LogP contribution in [0.5, 0.6) is 5.75 Å². The van der Waals surface area contributed by atoms with Crippen LogP contribution in [0.2, 0.25) is 0 Å². The van der Waals surface area contributed by atoms with E-state index in [0.717, 1.165) is 3.97 Å². The van der Waals surface area contributed by atoms with Gasteiger partial charge in [0.25, 0.3) is 16.4 Å². The number of alkyl halides is 2. The molecule has 0 aliphatic carbocycles. The Morgan fingerprint density at radius 2 is 1.89 bits per heavy atom. The quantitative estimate of drug-likeness (QED) is 0.332. The van der Waals surface area contributed by atoms with Gasteiger partial charge in [-0.25, -0.2) is 31.1 Å². The Hall–Kier alpha value is -3.14. The van der Waals surface area contributed by atoms with Gasteiger partial charge >= 0.3 is 0 Å². The van der Waals surface area contributed by atoms with Crippen molar-refractivity contribution in [3.05, 3.63) is 59.0 Å². The molecule has 4 aromatic rings. The lowest BCUT2D eigenvalue weighted by atomic mass is 10.1. The third-order valence-corrected chi connectivity index (χ3v) is 8.28. The van der Waals surface area contributed by atoms with Gasteiger partial charge in [-0.2, -0.15) is 5.26 Å². The van der Waals surface area contributed by atoms with Crippen molar-refractivity contribution in [3.63, 3.8) is 0 Å². The summed E-state index contributed by atoms with van der Waals surface area (Å²) in [5.74, 6) is 0.161. The van der Waals surface area contributed by atoms with Crippen molar-refractivity contribution in [1.29, 1.82) is 5.26 Å². The zero-order valence-corrected chi connectivity index (χ0v) is 21.2. The number of ether oxygens (including phenoxy) is 1. The van der Waals surface area contributed by atoms with Crippen LogP contribution in [0.1, 0.15) is 18.5 Å². The van der Waals surface area contributed by atoms with E-state index in [0.29, 0.717) is 41.2 Å². The van der Waals surface area contributed by atoms with E-state index in [1.165, 1.54) is 24.5 Å². The second-order valence-electron chi connectivity index (χ2n) is 8.42. The van der Waals surface area contributed by atoms with E-state index in [1.807, 2.05) is 6.07 Å². The number of benzene rings is 1. The summed E-state index contributed by atoms with van der Waals surface area (Å²) in [6, 6.07) is 11.7. The summed E-state index contributed by atoms with van der Waals surface area (Å²) in [5, 5.41) is 10.7. The Morgan fingerprint density at radius 1 is 1.17 bits per heavy atom. The van der Waals surface area contributed by atoms with Crippen molar-refractivity contribution >= 4 is 47.9 Å². The van der Waals surface area contributed by atoms with Gasteiger partial charge in [0.1, 0.15) is 12.2 Å². The van der Waals surface area contributed by atoms with Gasteiger partial charge in [0.2, 0.25) is 0 Å². The van der Waals surface area contributed by atoms with E-state index in [-0.39, 0.29) is 40.2 Å². The van der Waals surface area contributed by atoms with Gasteiger partial charge in [0, 0.05) is 29.1 Å². The number of aromatic nitrogens is 3. The summed E-state index contributed by atoms with van der Waals surface area (Å²) >= 11 is 3.40. The lowest BCUT2D eigenvalue weighted by Crippen LogP contribution is -2.40. The first-order valence-corrected chi connectivity index (χ1v) is 13.4. The molecule has 3 aromatic heterocycles. The summed E-state index contributed by atoms with van der Waals surface area (Å²) in [6.45, 7) is 0.562. The minimum atomic E-state index is -4.07. The van der Waals surface area contributed by atoms with Crippen LogP contribution in [-0.4, -0.2) is 59.4 Å². The number of halogens is 3. The second kappa shape index (κ2) is 9.72. The van der Waals surface area contributed by atoms with Crippen molar-refractivity contribution in [3.8, 4) is 11.8 Å². The SMILES string of the molecule is N#Cc1ncc2c(c1OC1CCN(CC(F)F)CC1)c1cc(Br)cnc1n2S(=O)(=O)c1ccccc1. The van der Waals surface area contributed by atoms with Gasteiger partial charge in [-0.05, 0) is 47.0 Å². The first kappa shape index (κ1) is 24.5. The van der Waals surface area contributed by atoms with Crippen LogP contribution in [0.4, 0.5) is 8.78 Å². The number of pyridine rings is 2. The summed E-state index contributed by atoms with van der Waals surface area (Å²) in [4.78, 5) is 10.3. The van der Waals surface area contributed by atoms with Crippen LogP contribution >= 0.6 is 15.9 Å². The van der Waals surface area contributed by atoms with E-state index in [2.05, 4.69) is 25.9 Å². The topological polar surface area (TPSA) is 101 Å². The number of nitrogens with zero attached hydrogens (tertiary/aromatic N) is 5. The van der Waals surface area contributed by atoms with Gasteiger partial charge in [-0.3, -0.25) is 4.90 Å². The fraction of sp³-hybridized carbons (Fsp3) is 0.292. The smallest absolute Gasteiger partial charge is 0.269 e. The van der Waals surface area contributed by atoms with Gasteiger partial charge in [-0.15, -0.1) is 0 Å². The van der Waals surface area contributed by atoms with E-state index in [9.17, 15) is 22.5 Å². The van der Waals surface area contributed by atoms with Crippen molar-refractivity contribution in [2.45, 2.75) is 30.3 Å². The molecular weight excluding hydrogens is 556 g/mol. The number of piperidine rings is 1. The molecule has 8 nitrogen and oxygen atoms in total. The fourth-order valence-electron chi connectivity index (χ4n) is 4.50. The van der Waals surface area contributed by atoms with Crippen molar-refractivity contribution in [1.82, 2.24) is 18.8 Å². The molecule has 0 radical (unpaired) electrons. The number of hydrogen-bond acceptors (Lipinski definition) is 7.